The Morgan fingerprint density at radius 2 is 1.93 bits per heavy atom. The summed E-state index contributed by atoms with van der Waals surface area (Å²) in [5.74, 6) is 0.113. The lowest BCUT2D eigenvalue weighted by atomic mass is 9.78. The summed E-state index contributed by atoms with van der Waals surface area (Å²) in [6.07, 6.45) is 3.48. The Morgan fingerprint density at radius 1 is 1.36 bits per heavy atom. The summed E-state index contributed by atoms with van der Waals surface area (Å²) in [6.45, 7) is 8.71. The molecule has 0 radical (unpaired) electrons. The van der Waals surface area contributed by atoms with Crippen molar-refractivity contribution in [2.45, 2.75) is 58.0 Å². The fourth-order valence-electron chi connectivity index (χ4n) is 1.56. The monoisotopic (exact) mass is 198 g/mol. The van der Waals surface area contributed by atoms with E-state index in [0.717, 1.165) is 12.8 Å². The second-order valence-electron chi connectivity index (χ2n) is 5.57. The molecule has 3 nitrogen and oxygen atoms in total. The van der Waals surface area contributed by atoms with Crippen LogP contribution in [0.2, 0.25) is 0 Å². The van der Waals surface area contributed by atoms with Crippen LogP contribution in [0, 0.1) is 0 Å². The average Bonchev–Trinajstić information content (AvgIpc) is 1.97. The van der Waals surface area contributed by atoms with Gasteiger partial charge in [0.2, 0.25) is 5.91 Å². The lowest BCUT2D eigenvalue weighted by Crippen LogP contribution is -2.54. The van der Waals surface area contributed by atoms with Crippen molar-refractivity contribution in [3.63, 3.8) is 0 Å². The Labute approximate surface area is 86.6 Å². The van der Waals surface area contributed by atoms with Gasteiger partial charge in [0.25, 0.3) is 0 Å². The van der Waals surface area contributed by atoms with Crippen molar-refractivity contribution in [3.8, 4) is 0 Å². The first-order valence-electron chi connectivity index (χ1n) is 5.37. The summed E-state index contributed by atoms with van der Waals surface area (Å²) in [6, 6.07) is 0. The fraction of sp³-hybridized carbons (Fsp3) is 0.909. The third-order valence-electron chi connectivity index (χ3n) is 2.68. The number of hydrogen-bond donors (Lipinski definition) is 2. The summed E-state index contributed by atoms with van der Waals surface area (Å²) in [5, 5.41) is 6.24. The molecule has 0 aromatic heterocycles. The van der Waals surface area contributed by atoms with Gasteiger partial charge in [0.1, 0.15) is 0 Å². The first kappa shape index (κ1) is 11.5. The van der Waals surface area contributed by atoms with E-state index >= 15 is 0 Å². The molecule has 2 N–H and O–H groups in total. The number of amides is 1. The van der Waals surface area contributed by atoms with E-state index in [1.807, 2.05) is 0 Å². The molecule has 0 spiro atoms. The molecule has 0 aromatic rings. The van der Waals surface area contributed by atoms with Crippen molar-refractivity contribution in [1.29, 1.82) is 0 Å². The Balaban J connectivity index is 2.22. The van der Waals surface area contributed by atoms with Gasteiger partial charge in [0, 0.05) is 11.1 Å². The van der Waals surface area contributed by atoms with Gasteiger partial charge in [-0.05, 0) is 47.0 Å². The third kappa shape index (κ3) is 3.66. The Morgan fingerprint density at radius 3 is 2.29 bits per heavy atom. The van der Waals surface area contributed by atoms with E-state index in [0.29, 0.717) is 6.54 Å². The van der Waals surface area contributed by atoms with Crippen molar-refractivity contribution in [2.75, 3.05) is 6.54 Å². The summed E-state index contributed by atoms with van der Waals surface area (Å²) in [4.78, 5) is 11.5. The molecule has 0 bridgehead atoms. The van der Waals surface area contributed by atoms with Crippen molar-refractivity contribution in [2.24, 2.45) is 0 Å². The Kier molecular flexibility index (Phi) is 3.20. The van der Waals surface area contributed by atoms with E-state index in [9.17, 15) is 4.79 Å². The molecule has 3 heteroatoms. The molecule has 0 aromatic carbocycles. The normalized spacial score (nSPS) is 20.0. The van der Waals surface area contributed by atoms with Crippen molar-refractivity contribution >= 4 is 5.91 Å². The molecule has 1 rings (SSSR count). The van der Waals surface area contributed by atoms with Gasteiger partial charge < -0.3 is 10.6 Å². The number of hydrogen-bond acceptors (Lipinski definition) is 2. The van der Waals surface area contributed by atoms with Crippen LogP contribution in [0.5, 0.6) is 0 Å². The number of nitrogens with one attached hydrogen (secondary N) is 2. The summed E-state index contributed by atoms with van der Waals surface area (Å²) < 4.78 is 0. The van der Waals surface area contributed by atoms with Gasteiger partial charge in [-0.3, -0.25) is 4.79 Å². The number of carbonyl (C=O) groups excluding carboxylic acids is 1. The average molecular weight is 198 g/mol. The lowest BCUT2D eigenvalue weighted by Gasteiger charge is -2.39. The molecule has 0 atom stereocenters. The molecule has 1 aliphatic rings. The topological polar surface area (TPSA) is 41.1 Å². The maximum atomic E-state index is 11.5. The fourth-order valence-corrected chi connectivity index (χ4v) is 1.56. The van der Waals surface area contributed by atoms with Crippen LogP contribution in [0.4, 0.5) is 0 Å². The van der Waals surface area contributed by atoms with Crippen LogP contribution < -0.4 is 10.6 Å². The quantitative estimate of drug-likeness (QED) is 0.720. The van der Waals surface area contributed by atoms with Crippen molar-refractivity contribution in [3.05, 3.63) is 0 Å². The lowest BCUT2D eigenvalue weighted by molar-refractivity contribution is -0.123. The van der Waals surface area contributed by atoms with Crippen LogP contribution >= 0.6 is 0 Å². The van der Waals surface area contributed by atoms with Gasteiger partial charge in [-0.2, -0.15) is 0 Å². The molecule has 1 amide bonds. The molecule has 0 saturated heterocycles. The minimum Gasteiger partial charge on any atom is -0.350 e. The molecule has 1 fully saturated rings. The maximum absolute atomic E-state index is 11.5. The molecular weight excluding hydrogens is 176 g/mol. The highest BCUT2D eigenvalue weighted by Crippen LogP contribution is 2.30. The highest BCUT2D eigenvalue weighted by atomic mass is 16.2. The van der Waals surface area contributed by atoms with Crippen LogP contribution in [-0.2, 0) is 4.79 Å². The second-order valence-corrected chi connectivity index (χ2v) is 5.57. The minimum absolute atomic E-state index is 0.0118. The Bertz CT molecular complexity index is 214. The second kappa shape index (κ2) is 3.89. The van der Waals surface area contributed by atoms with Gasteiger partial charge in [-0.1, -0.05) is 0 Å². The van der Waals surface area contributed by atoms with Crippen LogP contribution in [0.25, 0.3) is 0 Å². The van der Waals surface area contributed by atoms with E-state index in [-0.39, 0.29) is 17.0 Å². The van der Waals surface area contributed by atoms with Crippen molar-refractivity contribution in [1.82, 2.24) is 10.6 Å². The molecule has 0 heterocycles. The largest absolute Gasteiger partial charge is 0.350 e. The van der Waals surface area contributed by atoms with Gasteiger partial charge in [0.05, 0.1) is 6.54 Å². The highest BCUT2D eigenvalue weighted by Gasteiger charge is 2.32. The molecule has 0 aliphatic heterocycles. The van der Waals surface area contributed by atoms with Crippen LogP contribution in [0.15, 0.2) is 0 Å². The van der Waals surface area contributed by atoms with E-state index < -0.39 is 0 Å². The first-order chi connectivity index (χ1) is 6.31. The third-order valence-corrected chi connectivity index (χ3v) is 2.68. The van der Waals surface area contributed by atoms with E-state index in [4.69, 9.17) is 0 Å². The summed E-state index contributed by atoms with van der Waals surface area (Å²) in [5.41, 5.74) is 0.0918. The zero-order valence-corrected chi connectivity index (χ0v) is 9.74. The predicted octanol–water partition coefficient (Wildman–Crippen LogP) is 1.43. The summed E-state index contributed by atoms with van der Waals surface area (Å²) >= 11 is 0. The Hall–Kier alpha value is -0.570. The standard InChI is InChI=1S/C11H22N2O/c1-10(2,3)12-8-9(14)13-11(4)6-5-7-11/h12H,5-8H2,1-4H3,(H,13,14). The zero-order chi connectivity index (χ0) is 10.8. The van der Waals surface area contributed by atoms with Crippen LogP contribution in [-0.4, -0.2) is 23.5 Å². The van der Waals surface area contributed by atoms with Crippen LogP contribution in [0.3, 0.4) is 0 Å². The van der Waals surface area contributed by atoms with Gasteiger partial charge in [-0.25, -0.2) is 0 Å². The van der Waals surface area contributed by atoms with E-state index in [2.05, 4.69) is 38.3 Å². The predicted molar refractivity (Wildman–Crippen MR) is 58.2 cm³/mol. The molecule has 14 heavy (non-hydrogen) atoms. The van der Waals surface area contributed by atoms with Gasteiger partial charge in [-0.15, -0.1) is 0 Å². The number of carbonyl (C=O) groups is 1. The number of rotatable bonds is 3. The highest BCUT2D eigenvalue weighted by molar-refractivity contribution is 5.79. The van der Waals surface area contributed by atoms with Gasteiger partial charge in [0.15, 0.2) is 0 Å². The summed E-state index contributed by atoms with van der Waals surface area (Å²) in [7, 11) is 0. The van der Waals surface area contributed by atoms with E-state index in [1.54, 1.807) is 0 Å². The SMILES string of the molecule is CC(C)(C)NCC(=O)NC1(C)CCC1. The molecule has 1 aliphatic carbocycles. The van der Waals surface area contributed by atoms with Crippen LogP contribution in [0.1, 0.15) is 47.0 Å². The zero-order valence-electron chi connectivity index (χ0n) is 9.74. The maximum Gasteiger partial charge on any atom is 0.234 e. The first-order valence-corrected chi connectivity index (χ1v) is 5.37. The van der Waals surface area contributed by atoms with Crippen molar-refractivity contribution < 1.29 is 4.79 Å². The molecule has 82 valence electrons. The molecule has 0 unspecified atom stereocenters. The molecule has 1 saturated carbocycles. The molecular formula is C11H22N2O. The smallest absolute Gasteiger partial charge is 0.234 e. The van der Waals surface area contributed by atoms with E-state index in [1.165, 1.54) is 6.42 Å². The van der Waals surface area contributed by atoms with Gasteiger partial charge >= 0.3 is 0 Å². The minimum atomic E-state index is 0.0118.